The maximum atomic E-state index is 13.0. The van der Waals surface area contributed by atoms with Crippen molar-refractivity contribution < 1.29 is 4.79 Å². The van der Waals surface area contributed by atoms with Crippen molar-refractivity contribution in [2.24, 2.45) is 0 Å². The van der Waals surface area contributed by atoms with E-state index in [1.165, 1.54) is 37.7 Å². The van der Waals surface area contributed by atoms with Crippen LogP contribution in [0.1, 0.15) is 48.0 Å². The van der Waals surface area contributed by atoms with Crippen LogP contribution in [0.5, 0.6) is 0 Å². The lowest BCUT2D eigenvalue weighted by Crippen LogP contribution is -2.52. The van der Waals surface area contributed by atoms with E-state index in [-0.39, 0.29) is 5.91 Å². The molecule has 31 heavy (non-hydrogen) atoms. The number of nitrogens with zero attached hydrogens (tertiary/aromatic N) is 4. The minimum atomic E-state index is 0.160. The summed E-state index contributed by atoms with van der Waals surface area (Å²) in [5.41, 5.74) is 3.86. The lowest BCUT2D eigenvalue weighted by atomic mass is 9.94. The Balaban J connectivity index is 1.14. The van der Waals surface area contributed by atoms with Crippen LogP contribution in [0.15, 0.2) is 47.9 Å². The van der Waals surface area contributed by atoms with Crippen LogP contribution in [0.25, 0.3) is 11.0 Å². The third-order valence-corrected chi connectivity index (χ3v) is 7.48. The number of aromatic amines is 1. The zero-order valence-electron chi connectivity index (χ0n) is 17.8. The lowest BCUT2D eigenvalue weighted by molar-refractivity contribution is 0.0523. The van der Waals surface area contributed by atoms with Crippen LogP contribution < -0.4 is 0 Å². The molecule has 2 aliphatic rings. The van der Waals surface area contributed by atoms with Crippen LogP contribution >= 0.6 is 11.8 Å². The molecule has 5 rings (SSSR count). The van der Waals surface area contributed by atoms with Gasteiger partial charge in [-0.15, -0.1) is 0 Å². The molecule has 3 aromatic rings. The first-order valence-corrected chi connectivity index (χ1v) is 12.3. The summed E-state index contributed by atoms with van der Waals surface area (Å²) in [6.45, 7) is 3.71. The Morgan fingerprint density at radius 3 is 2.55 bits per heavy atom. The average Bonchev–Trinajstić information content (AvgIpc) is 3.26. The zero-order chi connectivity index (χ0) is 21.0. The highest BCUT2D eigenvalue weighted by Crippen LogP contribution is 2.25. The zero-order valence-corrected chi connectivity index (χ0v) is 18.6. The molecule has 0 radical (unpaired) electrons. The summed E-state index contributed by atoms with van der Waals surface area (Å²) in [5.74, 6) is 0.967. The molecule has 1 aromatic carbocycles. The molecule has 1 amide bonds. The Labute approximate surface area is 187 Å². The van der Waals surface area contributed by atoms with Gasteiger partial charge >= 0.3 is 0 Å². The van der Waals surface area contributed by atoms with Gasteiger partial charge in [0.1, 0.15) is 0 Å². The van der Waals surface area contributed by atoms with E-state index in [0.29, 0.717) is 0 Å². The van der Waals surface area contributed by atoms with Crippen LogP contribution in [-0.4, -0.2) is 62.9 Å². The summed E-state index contributed by atoms with van der Waals surface area (Å²) < 4.78 is 0. The maximum absolute atomic E-state index is 13.0. The summed E-state index contributed by atoms with van der Waals surface area (Å²) in [7, 11) is 0. The molecule has 1 saturated carbocycles. The molecule has 0 spiro atoms. The number of nitrogens with one attached hydrogen (secondary N) is 1. The lowest BCUT2D eigenvalue weighted by Gasteiger charge is -2.40. The molecule has 0 unspecified atom stereocenters. The van der Waals surface area contributed by atoms with Crippen LogP contribution in [0.2, 0.25) is 0 Å². The van der Waals surface area contributed by atoms with E-state index in [1.807, 2.05) is 23.1 Å². The number of amides is 1. The number of benzene rings is 1. The molecule has 1 N–H and O–H groups in total. The number of carbonyl (C=O) groups is 1. The topological polar surface area (TPSA) is 65.1 Å². The minimum absolute atomic E-state index is 0.160. The fourth-order valence-electron chi connectivity index (χ4n) is 4.72. The van der Waals surface area contributed by atoms with Crippen molar-refractivity contribution in [2.45, 2.75) is 49.1 Å². The highest BCUT2D eigenvalue weighted by Gasteiger charge is 2.27. The second-order valence-corrected chi connectivity index (χ2v) is 9.50. The number of hydrogen-bond donors (Lipinski definition) is 1. The Morgan fingerprint density at radius 1 is 1.03 bits per heavy atom. The van der Waals surface area contributed by atoms with Gasteiger partial charge in [0, 0.05) is 49.7 Å². The van der Waals surface area contributed by atoms with Gasteiger partial charge in [-0.3, -0.25) is 14.7 Å². The van der Waals surface area contributed by atoms with Crippen molar-refractivity contribution >= 4 is 28.7 Å². The van der Waals surface area contributed by atoms with E-state index in [1.54, 1.807) is 24.2 Å². The number of hydrogen-bond acceptors (Lipinski definition) is 5. The number of aromatic nitrogens is 3. The Bertz CT molecular complexity index is 987. The van der Waals surface area contributed by atoms with Crippen LogP contribution in [0, 0.1) is 0 Å². The first kappa shape index (κ1) is 20.5. The van der Waals surface area contributed by atoms with E-state index in [4.69, 9.17) is 0 Å². The van der Waals surface area contributed by atoms with E-state index in [9.17, 15) is 4.79 Å². The van der Waals surface area contributed by atoms with Crippen LogP contribution in [0.4, 0.5) is 0 Å². The van der Waals surface area contributed by atoms with E-state index < -0.39 is 0 Å². The quantitative estimate of drug-likeness (QED) is 0.604. The Kier molecular flexibility index (Phi) is 6.22. The van der Waals surface area contributed by atoms with Crippen molar-refractivity contribution in [3.8, 4) is 0 Å². The number of imidazole rings is 1. The monoisotopic (exact) mass is 435 g/mol. The average molecular weight is 436 g/mol. The number of piperazine rings is 1. The first-order valence-electron chi connectivity index (χ1n) is 11.3. The van der Waals surface area contributed by atoms with Gasteiger partial charge in [-0.1, -0.05) is 43.2 Å². The Hall–Kier alpha value is -2.38. The van der Waals surface area contributed by atoms with Gasteiger partial charge in [-0.25, -0.2) is 4.98 Å². The maximum Gasteiger partial charge on any atom is 0.253 e. The molecule has 6 nitrogen and oxygen atoms in total. The second-order valence-electron chi connectivity index (χ2n) is 8.54. The second kappa shape index (κ2) is 9.40. The van der Waals surface area contributed by atoms with Crippen LogP contribution in [0.3, 0.4) is 0 Å². The summed E-state index contributed by atoms with van der Waals surface area (Å²) in [5, 5.41) is 0.888. The van der Waals surface area contributed by atoms with E-state index in [2.05, 4.69) is 32.0 Å². The third kappa shape index (κ3) is 4.77. The molecule has 7 heteroatoms. The molecular formula is C24H29N5OS. The highest BCUT2D eigenvalue weighted by atomic mass is 32.2. The first-order chi connectivity index (χ1) is 15.3. The molecular weight excluding hydrogens is 406 g/mol. The number of thioether (sulfide) groups is 1. The molecule has 0 atom stereocenters. The van der Waals surface area contributed by atoms with Gasteiger partial charge in [0.2, 0.25) is 0 Å². The largest absolute Gasteiger partial charge is 0.336 e. The number of fused-ring (bicyclic) bond motifs is 1. The van der Waals surface area contributed by atoms with Crippen molar-refractivity contribution in [3.63, 3.8) is 0 Å². The molecule has 0 bridgehead atoms. The molecule has 2 aromatic heterocycles. The molecule has 3 heterocycles. The highest BCUT2D eigenvalue weighted by molar-refractivity contribution is 7.98. The van der Waals surface area contributed by atoms with Gasteiger partial charge in [0.05, 0.1) is 17.2 Å². The van der Waals surface area contributed by atoms with E-state index >= 15 is 0 Å². The van der Waals surface area contributed by atoms with Crippen molar-refractivity contribution in [3.05, 3.63) is 53.9 Å². The van der Waals surface area contributed by atoms with Gasteiger partial charge in [-0.05, 0) is 36.6 Å². The minimum Gasteiger partial charge on any atom is -0.336 e. The summed E-state index contributed by atoms with van der Waals surface area (Å²) in [6.07, 6.45) is 10.3. The molecule has 1 saturated heterocycles. The number of rotatable bonds is 5. The fraction of sp³-hybridized carbons (Fsp3) is 0.458. The van der Waals surface area contributed by atoms with Gasteiger partial charge < -0.3 is 9.88 Å². The fourth-order valence-corrected chi connectivity index (χ4v) is 5.56. The van der Waals surface area contributed by atoms with Crippen LogP contribution in [-0.2, 0) is 5.75 Å². The van der Waals surface area contributed by atoms with Gasteiger partial charge in [-0.2, -0.15) is 0 Å². The standard InChI is InChI=1S/C24H29N5OS/c30-23(29-14-12-28(13-15-29)20-4-2-1-3-5-20)19-8-6-18(7-9-19)17-31-24-26-21-10-11-25-16-22(21)27-24/h6-11,16,20H,1-5,12-15,17H2,(H,26,27). The molecule has 2 fully saturated rings. The smallest absolute Gasteiger partial charge is 0.253 e. The Morgan fingerprint density at radius 2 is 1.81 bits per heavy atom. The normalized spacial score (nSPS) is 18.5. The van der Waals surface area contributed by atoms with Crippen molar-refractivity contribution in [2.75, 3.05) is 26.2 Å². The van der Waals surface area contributed by atoms with Crippen molar-refractivity contribution in [1.82, 2.24) is 24.8 Å². The molecule has 162 valence electrons. The SMILES string of the molecule is O=C(c1ccc(CSc2nc3ccncc3[nH]2)cc1)N1CCN(C2CCCCC2)CC1. The predicted octanol–water partition coefficient (Wildman–Crippen LogP) is 4.34. The third-order valence-electron chi connectivity index (χ3n) is 6.53. The van der Waals surface area contributed by atoms with E-state index in [0.717, 1.165) is 59.7 Å². The van der Waals surface area contributed by atoms with Crippen molar-refractivity contribution in [1.29, 1.82) is 0 Å². The predicted molar refractivity (Wildman–Crippen MR) is 124 cm³/mol. The summed E-state index contributed by atoms with van der Waals surface area (Å²) in [6, 6.07) is 10.7. The molecule has 1 aliphatic heterocycles. The van der Waals surface area contributed by atoms with Gasteiger partial charge in [0.15, 0.2) is 5.16 Å². The number of H-pyrrole nitrogens is 1. The summed E-state index contributed by atoms with van der Waals surface area (Å²) >= 11 is 1.66. The summed E-state index contributed by atoms with van der Waals surface area (Å²) in [4.78, 5) is 29.6. The molecule has 1 aliphatic carbocycles. The van der Waals surface area contributed by atoms with Gasteiger partial charge in [0.25, 0.3) is 5.91 Å². The number of pyridine rings is 1. The number of carbonyl (C=O) groups excluding carboxylic acids is 1.